The Morgan fingerprint density at radius 2 is 2.03 bits per heavy atom. The second-order valence-electron chi connectivity index (χ2n) is 7.42. The zero-order valence-corrected chi connectivity index (χ0v) is 17.6. The number of Topliss-reactive ketones (excluding diaryl/α,β-unsaturated/α-hetero) is 1. The molecule has 3 rings (SSSR count). The van der Waals surface area contributed by atoms with Crippen molar-refractivity contribution in [3.8, 4) is 5.75 Å². The average molecular weight is 410 g/mol. The van der Waals surface area contributed by atoms with Crippen LogP contribution < -0.4 is 4.74 Å². The lowest BCUT2D eigenvalue weighted by atomic mass is 9.95. The Balaban J connectivity index is 2.10. The summed E-state index contributed by atoms with van der Waals surface area (Å²) >= 11 is 0. The molecule has 0 radical (unpaired) electrons. The van der Waals surface area contributed by atoms with E-state index in [1.54, 1.807) is 42.7 Å². The third-order valence-electron chi connectivity index (χ3n) is 4.89. The number of aromatic nitrogens is 1. The number of carbonyl (C=O) groups excluding carboxylic acids is 2. The van der Waals surface area contributed by atoms with Crippen molar-refractivity contribution in [2.45, 2.75) is 32.9 Å². The number of methoxy groups -OCH3 is 1. The van der Waals surface area contributed by atoms with Gasteiger partial charge in [-0.05, 0) is 56.2 Å². The molecule has 0 bridgehead atoms. The number of hydrogen-bond acceptors (Lipinski definition) is 6. The molecule has 1 fully saturated rings. The number of likely N-dealkylation sites (tertiary alicyclic amines) is 1. The number of aryl methyl sites for hydroxylation is 1. The van der Waals surface area contributed by atoms with E-state index in [2.05, 4.69) is 4.98 Å². The van der Waals surface area contributed by atoms with E-state index in [9.17, 15) is 14.7 Å². The lowest BCUT2D eigenvalue weighted by Gasteiger charge is -2.24. The van der Waals surface area contributed by atoms with Crippen molar-refractivity contribution in [3.63, 3.8) is 0 Å². The van der Waals surface area contributed by atoms with Gasteiger partial charge in [0.25, 0.3) is 11.7 Å². The third kappa shape index (κ3) is 4.21. The molecule has 1 aromatic carbocycles. The van der Waals surface area contributed by atoms with Gasteiger partial charge in [-0.25, -0.2) is 0 Å². The largest absolute Gasteiger partial charge is 0.507 e. The number of pyridine rings is 1. The number of nitrogens with zero attached hydrogens (tertiary/aromatic N) is 2. The standard InChI is InChI=1S/C23H26N2O5/c1-14(2)30-18-8-7-16(12-15(18)3)21(26)19-20(17-6-5-9-24-13-17)25(10-11-29-4)23(28)22(19)27/h5-9,12-14,20,26H,10-11H2,1-4H3/t20-/m1/s1. The van der Waals surface area contributed by atoms with Crippen LogP contribution in [-0.4, -0.2) is 53.0 Å². The van der Waals surface area contributed by atoms with Gasteiger partial charge >= 0.3 is 0 Å². The quantitative estimate of drug-likeness (QED) is 0.428. The number of carbonyl (C=O) groups is 2. The summed E-state index contributed by atoms with van der Waals surface area (Å²) in [6.45, 7) is 6.22. The van der Waals surface area contributed by atoms with E-state index >= 15 is 0 Å². The van der Waals surface area contributed by atoms with Crippen molar-refractivity contribution >= 4 is 17.4 Å². The Morgan fingerprint density at radius 1 is 1.27 bits per heavy atom. The fourth-order valence-electron chi connectivity index (χ4n) is 3.52. The fourth-order valence-corrected chi connectivity index (χ4v) is 3.52. The predicted molar refractivity (Wildman–Crippen MR) is 112 cm³/mol. The first-order valence-corrected chi connectivity index (χ1v) is 9.80. The Hall–Kier alpha value is -3.19. The van der Waals surface area contributed by atoms with E-state index in [0.717, 1.165) is 5.56 Å². The van der Waals surface area contributed by atoms with E-state index < -0.39 is 17.7 Å². The van der Waals surface area contributed by atoms with Crippen molar-refractivity contribution in [2.75, 3.05) is 20.3 Å². The Kier molecular flexibility index (Phi) is 6.52. The maximum atomic E-state index is 12.9. The molecule has 0 saturated carbocycles. The average Bonchev–Trinajstić information content (AvgIpc) is 2.98. The van der Waals surface area contributed by atoms with Crippen LogP contribution in [0.1, 0.15) is 36.6 Å². The molecule has 1 aliphatic heterocycles. The molecule has 1 N–H and O–H groups in total. The summed E-state index contributed by atoms with van der Waals surface area (Å²) < 4.78 is 10.8. The van der Waals surface area contributed by atoms with Crippen molar-refractivity contribution in [2.24, 2.45) is 0 Å². The number of benzene rings is 1. The van der Waals surface area contributed by atoms with Crippen molar-refractivity contribution in [3.05, 3.63) is 65.0 Å². The molecule has 30 heavy (non-hydrogen) atoms. The molecule has 158 valence electrons. The summed E-state index contributed by atoms with van der Waals surface area (Å²) in [7, 11) is 1.53. The maximum Gasteiger partial charge on any atom is 0.295 e. The first-order chi connectivity index (χ1) is 14.3. The normalized spacial score (nSPS) is 18.3. The van der Waals surface area contributed by atoms with Gasteiger partial charge in [0, 0.05) is 31.6 Å². The molecule has 2 heterocycles. The Bertz CT molecular complexity index is 969. The molecule has 7 heteroatoms. The maximum absolute atomic E-state index is 12.9. The molecule has 0 spiro atoms. The zero-order chi connectivity index (χ0) is 21.8. The van der Waals surface area contributed by atoms with Crippen LogP contribution in [0.4, 0.5) is 0 Å². The summed E-state index contributed by atoms with van der Waals surface area (Å²) in [5, 5.41) is 11.1. The van der Waals surface area contributed by atoms with Crippen LogP contribution in [0.15, 0.2) is 48.3 Å². The lowest BCUT2D eigenvalue weighted by molar-refractivity contribution is -0.140. The second-order valence-corrected chi connectivity index (χ2v) is 7.42. The lowest BCUT2D eigenvalue weighted by Crippen LogP contribution is -2.32. The first-order valence-electron chi connectivity index (χ1n) is 9.80. The van der Waals surface area contributed by atoms with Crippen molar-refractivity contribution in [1.82, 2.24) is 9.88 Å². The van der Waals surface area contributed by atoms with Crippen LogP contribution in [-0.2, 0) is 14.3 Å². The van der Waals surface area contributed by atoms with E-state index in [-0.39, 0.29) is 30.6 Å². The molecule has 0 aliphatic carbocycles. The van der Waals surface area contributed by atoms with Crippen molar-refractivity contribution < 1.29 is 24.2 Å². The van der Waals surface area contributed by atoms with E-state index in [4.69, 9.17) is 9.47 Å². The van der Waals surface area contributed by atoms with E-state index in [0.29, 0.717) is 16.9 Å². The molecule has 1 saturated heterocycles. The number of aliphatic hydroxyl groups excluding tert-OH is 1. The summed E-state index contributed by atoms with van der Waals surface area (Å²) in [5.74, 6) is -0.913. The van der Waals surface area contributed by atoms with Crippen LogP contribution in [0.5, 0.6) is 5.75 Å². The Labute approximate surface area is 175 Å². The van der Waals surface area contributed by atoms with Gasteiger partial charge in [-0.2, -0.15) is 0 Å². The second kappa shape index (κ2) is 9.09. The van der Waals surface area contributed by atoms with Gasteiger partial charge in [0.05, 0.1) is 24.3 Å². The van der Waals surface area contributed by atoms with Crippen LogP contribution in [0, 0.1) is 6.92 Å². The van der Waals surface area contributed by atoms with Gasteiger partial charge in [-0.1, -0.05) is 6.07 Å². The predicted octanol–water partition coefficient (Wildman–Crippen LogP) is 3.25. The highest BCUT2D eigenvalue weighted by Crippen LogP contribution is 2.39. The topological polar surface area (TPSA) is 89.0 Å². The van der Waals surface area contributed by atoms with Crippen molar-refractivity contribution in [1.29, 1.82) is 0 Å². The van der Waals surface area contributed by atoms with E-state index in [1.165, 1.54) is 12.0 Å². The highest BCUT2D eigenvalue weighted by molar-refractivity contribution is 6.46. The highest BCUT2D eigenvalue weighted by Gasteiger charge is 2.46. The van der Waals surface area contributed by atoms with Gasteiger partial charge in [-0.3, -0.25) is 14.6 Å². The SMILES string of the molecule is COCCN1C(=O)C(=O)C(=C(O)c2ccc(OC(C)C)c(C)c2)[C@H]1c1cccnc1. The number of ether oxygens (including phenoxy) is 2. The number of ketones is 1. The molecule has 1 atom stereocenters. The summed E-state index contributed by atoms with van der Waals surface area (Å²) in [6.07, 6.45) is 3.22. The summed E-state index contributed by atoms with van der Waals surface area (Å²) in [6, 6.07) is 7.96. The van der Waals surface area contributed by atoms with Gasteiger partial charge < -0.3 is 19.5 Å². The minimum atomic E-state index is -0.735. The highest BCUT2D eigenvalue weighted by atomic mass is 16.5. The van der Waals surface area contributed by atoms with Gasteiger partial charge in [-0.15, -0.1) is 0 Å². The van der Waals surface area contributed by atoms with E-state index in [1.807, 2.05) is 20.8 Å². The van der Waals surface area contributed by atoms with Gasteiger partial charge in [0.15, 0.2) is 0 Å². The summed E-state index contributed by atoms with van der Waals surface area (Å²) in [5.41, 5.74) is 1.95. The molecule has 2 aromatic rings. The third-order valence-corrected chi connectivity index (χ3v) is 4.89. The first kappa shape index (κ1) is 21.5. The molecule has 1 amide bonds. The Morgan fingerprint density at radius 3 is 2.63 bits per heavy atom. The van der Waals surface area contributed by atoms with Crippen LogP contribution in [0.2, 0.25) is 0 Å². The fraction of sp³-hybridized carbons (Fsp3) is 0.348. The zero-order valence-electron chi connectivity index (χ0n) is 17.6. The summed E-state index contributed by atoms with van der Waals surface area (Å²) in [4.78, 5) is 31.1. The smallest absolute Gasteiger partial charge is 0.295 e. The number of aliphatic hydroxyl groups is 1. The monoisotopic (exact) mass is 410 g/mol. The minimum Gasteiger partial charge on any atom is -0.507 e. The van der Waals surface area contributed by atoms with Gasteiger partial charge in [0.2, 0.25) is 0 Å². The molecule has 1 aliphatic rings. The molecule has 0 unspecified atom stereocenters. The molecular formula is C23H26N2O5. The van der Waals surface area contributed by atoms with Crippen LogP contribution in [0.25, 0.3) is 5.76 Å². The molecule has 7 nitrogen and oxygen atoms in total. The van der Waals surface area contributed by atoms with Gasteiger partial charge in [0.1, 0.15) is 11.5 Å². The number of rotatable bonds is 7. The minimum absolute atomic E-state index is 0.0137. The van der Waals surface area contributed by atoms with Crippen LogP contribution >= 0.6 is 0 Å². The van der Waals surface area contributed by atoms with Crippen LogP contribution in [0.3, 0.4) is 0 Å². The number of amides is 1. The molecule has 1 aromatic heterocycles. The number of hydrogen-bond donors (Lipinski definition) is 1. The molecular weight excluding hydrogens is 384 g/mol.